The van der Waals surface area contributed by atoms with Crippen molar-refractivity contribution in [2.75, 3.05) is 0 Å². The largest absolute Gasteiger partial charge is 0.481 e. The maximum Gasteiger partial charge on any atom is 0.304 e. The third-order valence-corrected chi connectivity index (χ3v) is 9.50. The summed E-state index contributed by atoms with van der Waals surface area (Å²) in [5.41, 5.74) is 1.85. The molecule has 1 aromatic rings. The average molecular weight is 486 g/mol. The van der Waals surface area contributed by atoms with Crippen LogP contribution in [0.25, 0.3) is 0 Å². The Morgan fingerprint density at radius 3 is 2.39 bits per heavy atom. The van der Waals surface area contributed by atoms with Gasteiger partial charge in [0.05, 0.1) is 22.1 Å². The third kappa shape index (κ3) is 4.72. The predicted octanol–water partition coefficient (Wildman–Crippen LogP) is 5.56. The summed E-state index contributed by atoms with van der Waals surface area (Å²) < 4.78 is 27.7. The summed E-state index contributed by atoms with van der Waals surface area (Å²) in [6, 6.07) is 6.38. The number of hydrogen-bond acceptors (Lipinski definition) is 3. The number of aliphatic carboxylic acids is 1. The minimum atomic E-state index is -3.92. The fourth-order valence-electron chi connectivity index (χ4n) is 4.86. The molecule has 2 aliphatic rings. The van der Waals surface area contributed by atoms with Crippen LogP contribution in [0.4, 0.5) is 0 Å². The fourth-order valence-corrected chi connectivity index (χ4v) is 7.54. The lowest BCUT2D eigenvalue weighted by Gasteiger charge is -2.51. The molecule has 1 aromatic carbocycles. The minimum absolute atomic E-state index is 0.199. The highest BCUT2D eigenvalue weighted by Crippen LogP contribution is 2.52. The Labute approximate surface area is 194 Å². The van der Waals surface area contributed by atoms with Crippen LogP contribution in [0.2, 0.25) is 5.02 Å². The Morgan fingerprint density at radius 2 is 1.87 bits per heavy atom. The summed E-state index contributed by atoms with van der Waals surface area (Å²) >= 11 is 12.7. The SMILES string of the molecule is CC(C)N1[C@H](c2ccc(Cl)cc2)[C@@H](C2=CC=CC(C)(Cl)C2)C[C@](C)(CC(=O)O)S1(=O)=O. The number of hydrogen-bond donors (Lipinski definition) is 1. The molecule has 4 atom stereocenters. The molecule has 0 spiro atoms. The highest BCUT2D eigenvalue weighted by molar-refractivity contribution is 7.90. The Balaban J connectivity index is 2.22. The van der Waals surface area contributed by atoms with Gasteiger partial charge in [-0.25, -0.2) is 8.42 Å². The van der Waals surface area contributed by atoms with E-state index in [1.54, 1.807) is 19.1 Å². The van der Waals surface area contributed by atoms with E-state index in [-0.39, 0.29) is 18.4 Å². The Hall–Kier alpha value is -1.34. The predicted molar refractivity (Wildman–Crippen MR) is 125 cm³/mol. The van der Waals surface area contributed by atoms with Crippen LogP contribution in [0.5, 0.6) is 0 Å². The zero-order chi connectivity index (χ0) is 23.2. The van der Waals surface area contributed by atoms with Crippen LogP contribution < -0.4 is 0 Å². The molecule has 1 aliphatic carbocycles. The van der Waals surface area contributed by atoms with E-state index in [0.29, 0.717) is 11.4 Å². The molecule has 3 rings (SSSR count). The van der Waals surface area contributed by atoms with Gasteiger partial charge in [0.1, 0.15) is 0 Å². The molecule has 0 saturated carbocycles. The quantitative estimate of drug-likeness (QED) is 0.553. The van der Waals surface area contributed by atoms with E-state index >= 15 is 0 Å². The van der Waals surface area contributed by atoms with Crippen molar-refractivity contribution in [2.45, 2.75) is 68.7 Å². The Morgan fingerprint density at radius 1 is 1.26 bits per heavy atom. The van der Waals surface area contributed by atoms with Crippen molar-refractivity contribution >= 4 is 39.2 Å². The van der Waals surface area contributed by atoms with Gasteiger partial charge in [0, 0.05) is 17.0 Å². The number of carboxylic acid groups (broad SMARTS) is 1. The second-order valence-electron chi connectivity index (χ2n) is 9.31. The molecule has 0 amide bonds. The molecular formula is C23H29Cl2NO4S. The number of carbonyl (C=O) groups is 1. The Bertz CT molecular complexity index is 1010. The van der Waals surface area contributed by atoms with E-state index < -0.39 is 38.1 Å². The molecule has 31 heavy (non-hydrogen) atoms. The maximum atomic E-state index is 13.8. The second kappa shape index (κ2) is 8.54. The lowest BCUT2D eigenvalue weighted by atomic mass is 9.75. The molecule has 5 nitrogen and oxygen atoms in total. The molecule has 1 heterocycles. The highest BCUT2D eigenvalue weighted by atomic mass is 35.5. The Kier molecular flexibility index (Phi) is 6.70. The minimum Gasteiger partial charge on any atom is -0.481 e. The number of alkyl halides is 1. The van der Waals surface area contributed by atoms with E-state index in [1.807, 2.05) is 51.1 Å². The van der Waals surface area contributed by atoms with Crippen LogP contribution in [0, 0.1) is 5.92 Å². The molecule has 170 valence electrons. The number of rotatable bonds is 5. The molecule has 0 bridgehead atoms. The first-order chi connectivity index (χ1) is 14.3. The number of sulfonamides is 1. The second-order valence-corrected chi connectivity index (χ2v) is 13.0. The van der Waals surface area contributed by atoms with Gasteiger partial charge in [0.15, 0.2) is 0 Å². The monoisotopic (exact) mass is 485 g/mol. The zero-order valence-electron chi connectivity index (χ0n) is 18.2. The van der Waals surface area contributed by atoms with Crippen molar-refractivity contribution in [3.8, 4) is 0 Å². The van der Waals surface area contributed by atoms with Gasteiger partial charge in [-0.2, -0.15) is 4.31 Å². The number of allylic oxidation sites excluding steroid dienone is 3. The summed E-state index contributed by atoms with van der Waals surface area (Å²) in [6.45, 7) is 7.12. The van der Waals surface area contributed by atoms with Gasteiger partial charge in [0.25, 0.3) is 0 Å². The maximum absolute atomic E-state index is 13.8. The number of halogens is 2. The molecule has 1 saturated heterocycles. The van der Waals surface area contributed by atoms with Crippen LogP contribution in [0.1, 0.15) is 58.6 Å². The van der Waals surface area contributed by atoms with E-state index in [1.165, 1.54) is 4.31 Å². The van der Waals surface area contributed by atoms with Crippen LogP contribution >= 0.6 is 23.2 Å². The van der Waals surface area contributed by atoms with Crippen LogP contribution in [0.3, 0.4) is 0 Å². The van der Waals surface area contributed by atoms with Crippen LogP contribution in [-0.2, 0) is 14.8 Å². The normalized spacial score (nSPS) is 33.3. The van der Waals surface area contributed by atoms with Crippen molar-refractivity contribution in [1.82, 2.24) is 4.31 Å². The first-order valence-corrected chi connectivity index (χ1v) is 12.5. The summed E-state index contributed by atoms with van der Waals surface area (Å²) in [7, 11) is -3.92. The van der Waals surface area contributed by atoms with E-state index in [0.717, 1.165) is 11.1 Å². The highest BCUT2D eigenvalue weighted by Gasteiger charge is 2.56. The number of nitrogens with zero attached hydrogens (tertiary/aromatic N) is 1. The fraction of sp³-hybridized carbons (Fsp3) is 0.522. The molecule has 1 fully saturated rings. The van der Waals surface area contributed by atoms with Gasteiger partial charge in [-0.3, -0.25) is 4.79 Å². The summed E-state index contributed by atoms with van der Waals surface area (Å²) in [5.74, 6) is -1.35. The smallest absolute Gasteiger partial charge is 0.304 e. The first kappa shape index (κ1) is 24.3. The molecule has 1 unspecified atom stereocenters. The van der Waals surface area contributed by atoms with Crippen molar-refractivity contribution in [2.24, 2.45) is 5.92 Å². The molecule has 1 aliphatic heterocycles. The molecular weight excluding hydrogens is 457 g/mol. The van der Waals surface area contributed by atoms with Crippen LogP contribution in [-0.4, -0.2) is 39.5 Å². The molecule has 1 N–H and O–H groups in total. The van der Waals surface area contributed by atoms with Crippen molar-refractivity contribution in [1.29, 1.82) is 0 Å². The van der Waals surface area contributed by atoms with Gasteiger partial charge in [-0.1, -0.05) is 47.5 Å². The van der Waals surface area contributed by atoms with Gasteiger partial charge < -0.3 is 5.11 Å². The standard InChI is InChI=1S/C23H29Cl2NO4S/c1-15(2)26-21(16-7-9-18(24)10-8-16)19(17-6-5-11-22(3,25)12-17)13-23(4,14-20(27)28)31(26,29)30/h5-11,15,19,21H,12-14H2,1-4H3,(H,27,28)/t19-,21-,22?,23-/m1/s1. The molecule has 0 aromatic heterocycles. The number of benzene rings is 1. The molecule has 0 radical (unpaired) electrons. The summed E-state index contributed by atoms with van der Waals surface area (Å²) in [5, 5.41) is 10.1. The van der Waals surface area contributed by atoms with Gasteiger partial charge >= 0.3 is 5.97 Å². The average Bonchev–Trinajstić information content (AvgIpc) is 2.62. The van der Waals surface area contributed by atoms with E-state index in [2.05, 4.69) is 0 Å². The molecule has 8 heteroatoms. The van der Waals surface area contributed by atoms with Gasteiger partial charge in [-0.15, -0.1) is 11.6 Å². The first-order valence-electron chi connectivity index (χ1n) is 10.3. The summed E-state index contributed by atoms with van der Waals surface area (Å²) in [6.07, 6.45) is 6.13. The van der Waals surface area contributed by atoms with E-state index in [4.69, 9.17) is 23.2 Å². The lowest BCUT2D eigenvalue weighted by molar-refractivity contribution is -0.137. The van der Waals surface area contributed by atoms with Gasteiger partial charge in [-0.05, 0) is 58.2 Å². The topological polar surface area (TPSA) is 74.7 Å². The van der Waals surface area contributed by atoms with Gasteiger partial charge in [0.2, 0.25) is 10.0 Å². The van der Waals surface area contributed by atoms with Crippen LogP contribution in [0.15, 0.2) is 48.1 Å². The number of carboxylic acids is 1. The van der Waals surface area contributed by atoms with Crippen molar-refractivity contribution in [3.05, 3.63) is 58.7 Å². The summed E-state index contributed by atoms with van der Waals surface area (Å²) in [4.78, 5) is 11.1. The third-order valence-electron chi connectivity index (χ3n) is 6.23. The van der Waals surface area contributed by atoms with Crippen molar-refractivity contribution in [3.63, 3.8) is 0 Å². The lowest BCUT2D eigenvalue weighted by Crippen LogP contribution is -2.58. The van der Waals surface area contributed by atoms with Crippen molar-refractivity contribution < 1.29 is 18.3 Å². The van der Waals surface area contributed by atoms with E-state index in [9.17, 15) is 18.3 Å². The zero-order valence-corrected chi connectivity index (χ0v) is 20.5.